The van der Waals surface area contributed by atoms with E-state index in [9.17, 15) is 9.90 Å². The maximum Gasteiger partial charge on any atom is 0.508 e. The number of aliphatic hydroxyl groups is 1. The SMILES string of the molecule is C=C[C@H]1OC(C)(C)O[C@H]1/C(O)=C(\[N+]#N)C(=O)OCC. The molecule has 0 radical (unpaired) electrons. The fraction of sp³-hybridized carbons (Fsp3) is 0.583. The molecule has 1 rings (SSSR count). The van der Waals surface area contributed by atoms with Crippen molar-refractivity contribution >= 4 is 5.97 Å². The lowest BCUT2D eigenvalue weighted by Gasteiger charge is -2.15. The summed E-state index contributed by atoms with van der Waals surface area (Å²) in [6.45, 7) is 8.54. The highest BCUT2D eigenvalue weighted by molar-refractivity contribution is 5.90. The highest BCUT2D eigenvalue weighted by Gasteiger charge is 2.47. The molecule has 1 aliphatic rings. The van der Waals surface area contributed by atoms with E-state index in [0.29, 0.717) is 0 Å². The van der Waals surface area contributed by atoms with Crippen LogP contribution in [0, 0.1) is 5.39 Å². The van der Waals surface area contributed by atoms with Gasteiger partial charge in [0.25, 0.3) is 0 Å². The fourth-order valence-electron chi connectivity index (χ4n) is 1.70. The van der Waals surface area contributed by atoms with Crippen LogP contribution in [0.3, 0.4) is 0 Å². The number of hydrogen-bond donors (Lipinski definition) is 1. The first kappa shape index (κ1) is 15.1. The molecule has 0 aromatic heterocycles. The van der Waals surface area contributed by atoms with Crippen molar-refractivity contribution in [2.45, 2.75) is 38.8 Å². The van der Waals surface area contributed by atoms with Gasteiger partial charge < -0.3 is 19.3 Å². The Morgan fingerprint density at radius 1 is 1.58 bits per heavy atom. The van der Waals surface area contributed by atoms with Gasteiger partial charge in [-0.2, -0.15) is 0 Å². The second-order valence-electron chi connectivity index (χ2n) is 4.31. The van der Waals surface area contributed by atoms with Crippen molar-refractivity contribution in [1.82, 2.24) is 0 Å². The van der Waals surface area contributed by atoms with Gasteiger partial charge in [-0.25, -0.2) is 4.79 Å². The molecule has 0 aromatic rings. The summed E-state index contributed by atoms with van der Waals surface area (Å²) in [4.78, 5) is 14.3. The quantitative estimate of drug-likeness (QED) is 0.275. The van der Waals surface area contributed by atoms with Crippen molar-refractivity contribution < 1.29 is 24.1 Å². The zero-order chi connectivity index (χ0) is 14.6. The summed E-state index contributed by atoms with van der Waals surface area (Å²) < 4.78 is 15.6. The van der Waals surface area contributed by atoms with E-state index < -0.39 is 35.4 Å². The topological polar surface area (TPSA) is 93.1 Å². The van der Waals surface area contributed by atoms with E-state index >= 15 is 0 Å². The number of carbonyl (C=O) groups excluding carboxylic acids is 1. The third-order valence-corrected chi connectivity index (χ3v) is 2.44. The Hall–Kier alpha value is -1.91. The van der Waals surface area contributed by atoms with Crippen LogP contribution < -0.4 is 0 Å². The minimum Gasteiger partial charge on any atom is -0.503 e. The molecular formula is C12H17N2O5+. The normalized spacial score (nSPS) is 26.2. The first-order valence-corrected chi connectivity index (χ1v) is 5.79. The number of ether oxygens (including phenoxy) is 3. The molecule has 19 heavy (non-hydrogen) atoms. The summed E-state index contributed by atoms with van der Waals surface area (Å²) in [6.07, 6.45) is -0.223. The second-order valence-corrected chi connectivity index (χ2v) is 4.31. The molecule has 0 spiro atoms. The highest BCUT2D eigenvalue weighted by atomic mass is 16.8. The third kappa shape index (κ3) is 3.30. The number of diazo groups is 1. The Morgan fingerprint density at radius 3 is 2.68 bits per heavy atom. The van der Waals surface area contributed by atoms with Crippen molar-refractivity contribution in [2.24, 2.45) is 0 Å². The second kappa shape index (κ2) is 5.82. The zero-order valence-corrected chi connectivity index (χ0v) is 11.1. The van der Waals surface area contributed by atoms with Gasteiger partial charge in [-0.15, -0.1) is 6.58 Å². The molecule has 1 fully saturated rings. The molecule has 1 aliphatic heterocycles. The maximum atomic E-state index is 11.5. The van der Waals surface area contributed by atoms with Gasteiger partial charge in [0.2, 0.25) is 11.2 Å². The molecular weight excluding hydrogens is 252 g/mol. The Labute approximate surface area is 111 Å². The molecule has 0 aromatic carbocycles. The molecule has 1 heterocycles. The number of hydrogen-bond acceptors (Lipinski definition) is 6. The number of carbonyl (C=O) groups is 1. The van der Waals surface area contributed by atoms with Gasteiger partial charge in [0.05, 0.1) is 6.61 Å². The molecule has 104 valence electrons. The number of rotatable bonds is 4. The smallest absolute Gasteiger partial charge is 0.503 e. The molecule has 1 saturated heterocycles. The molecule has 0 unspecified atom stereocenters. The van der Waals surface area contributed by atoms with Crippen molar-refractivity contribution in [1.29, 1.82) is 5.39 Å². The molecule has 7 nitrogen and oxygen atoms in total. The van der Waals surface area contributed by atoms with E-state index in [-0.39, 0.29) is 6.61 Å². The molecule has 1 N–H and O–H groups in total. The minimum atomic E-state index is -0.984. The van der Waals surface area contributed by atoms with Crippen molar-refractivity contribution in [3.63, 3.8) is 0 Å². The van der Waals surface area contributed by atoms with Crippen LogP contribution in [0.2, 0.25) is 0 Å². The molecule has 0 amide bonds. The van der Waals surface area contributed by atoms with E-state index in [1.807, 2.05) is 0 Å². The maximum absolute atomic E-state index is 11.5. The Bertz CT molecular complexity index is 450. The Balaban J connectivity index is 3.08. The van der Waals surface area contributed by atoms with E-state index in [4.69, 9.17) is 14.9 Å². The van der Waals surface area contributed by atoms with Gasteiger partial charge in [-0.1, -0.05) is 6.08 Å². The van der Waals surface area contributed by atoms with Crippen LogP contribution in [-0.2, 0) is 19.0 Å². The Morgan fingerprint density at radius 2 is 2.21 bits per heavy atom. The summed E-state index contributed by atoms with van der Waals surface area (Å²) in [6, 6.07) is 0. The van der Waals surface area contributed by atoms with Crippen molar-refractivity contribution in [2.75, 3.05) is 6.61 Å². The molecule has 2 atom stereocenters. The largest absolute Gasteiger partial charge is 0.508 e. The predicted molar refractivity (Wildman–Crippen MR) is 65.4 cm³/mol. The lowest BCUT2D eigenvalue weighted by Crippen LogP contribution is -2.26. The van der Waals surface area contributed by atoms with Gasteiger partial charge in [0, 0.05) is 0 Å². The average molecular weight is 269 g/mol. The summed E-state index contributed by atoms with van der Waals surface area (Å²) in [5.74, 6) is -2.46. The van der Waals surface area contributed by atoms with Crippen LogP contribution in [0.4, 0.5) is 0 Å². The van der Waals surface area contributed by atoms with E-state index in [1.165, 1.54) is 6.08 Å². The van der Waals surface area contributed by atoms with Crippen LogP contribution in [0.5, 0.6) is 0 Å². The fourth-order valence-corrected chi connectivity index (χ4v) is 1.70. The summed E-state index contributed by atoms with van der Waals surface area (Å²) in [7, 11) is 0. The molecule has 0 saturated carbocycles. The van der Waals surface area contributed by atoms with Gasteiger partial charge in [-0.05, 0) is 20.8 Å². The first-order chi connectivity index (χ1) is 8.86. The number of esters is 1. The van der Waals surface area contributed by atoms with Crippen LogP contribution in [0.1, 0.15) is 20.8 Å². The van der Waals surface area contributed by atoms with Gasteiger partial charge in [0.1, 0.15) is 6.10 Å². The van der Waals surface area contributed by atoms with Crippen molar-refractivity contribution in [3.8, 4) is 0 Å². The van der Waals surface area contributed by atoms with Gasteiger partial charge in [-0.3, -0.25) is 0 Å². The average Bonchev–Trinajstić information content (AvgIpc) is 2.65. The minimum absolute atomic E-state index is 0.0868. The number of nitrogens with zero attached hydrogens (tertiary/aromatic N) is 2. The monoisotopic (exact) mass is 269 g/mol. The summed E-state index contributed by atoms with van der Waals surface area (Å²) in [5, 5.41) is 18.8. The highest BCUT2D eigenvalue weighted by Crippen LogP contribution is 2.33. The van der Waals surface area contributed by atoms with Gasteiger partial charge in [0.15, 0.2) is 16.9 Å². The lowest BCUT2D eigenvalue weighted by atomic mass is 10.1. The predicted octanol–water partition coefficient (Wildman–Crippen LogP) is 1.88. The third-order valence-electron chi connectivity index (χ3n) is 2.44. The van der Waals surface area contributed by atoms with Crippen LogP contribution >= 0.6 is 0 Å². The van der Waals surface area contributed by atoms with E-state index in [0.717, 1.165) is 0 Å². The Kier molecular flexibility index (Phi) is 4.64. The van der Waals surface area contributed by atoms with E-state index in [1.54, 1.807) is 20.8 Å². The first-order valence-electron chi connectivity index (χ1n) is 5.79. The molecule has 0 bridgehead atoms. The number of aliphatic hydroxyl groups excluding tert-OH is 1. The van der Waals surface area contributed by atoms with Crippen LogP contribution in [0.15, 0.2) is 24.1 Å². The standard InChI is InChI=1S/C12H16N2O5/c1-5-7-10(19-12(3,4)18-7)9(15)8(14-13)11(16)17-6-2/h5,7,10H,1,6H2,2-4H3/p+1/t7-,10-/m1/s1. The summed E-state index contributed by atoms with van der Waals surface area (Å²) >= 11 is 0. The zero-order valence-electron chi connectivity index (χ0n) is 11.1. The lowest BCUT2D eigenvalue weighted by molar-refractivity contribution is -0.144. The van der Waals surface area contributed by atoms with E-state index in [2.05, 4.69) is 16.3 Å². The summed E-state index contributed by atoms with van der Waals surface area (Å²) in [5.41, 5.74) is -0.611. The molecule has 7 heteroatoms. The molecule has 0 aliphatic carbocycles. The van der Waals surface area contributed by atoms with Crippen LogP contribution in [0.25, 0.3) is 4.98 Å². The van der Waals surface area contributed by atoms with Crippen molar-refractivity contribution in [3.05, 3.63) is 29.1 Å². The van der Waals surface area contributed by atoms with Crippen LogP contribution in [-0.4, -0.2) is 35.7 Å². The van der Waals surface area contributed by atoms with Gasteiger partial charge >= 0.3 is 11.7 Å².